The molecule has 7 heteroatoms. The average molecular weight is 427 g/mol. The van der Waals surface area contributed by atoms with Crippen LogP contribution in [0.3, 0.4) is 0 Å². The van der Waals surface area contributed by atoms with E-state index in [9.17, 15) is 9.18 Å². The number of hydrogen-bond donors (Lipinski definition) is 2. The van der Waals surface area contributed by atoms with E-state index < -0.39 is 0 Å². The molecule has 158 valence electrons. The van der Waals surface area contributed by atoms with Crippen LogP contribution in [0.15, 0.2) is 48.5 Å². The Bertz CT molecular complexity index is 954. The predicted octanol–water partition coefficient (Wildman–Crippen LogP) is 5.37. The Balaban J connectivity index is 1.61. The van der Waals surface area contributed by atoms with Crippen LogP contribution in [0.4, 0.5) is 10.1 Å². The van der Waals surface area contributed by atoms with Crippen LogP contribution in [0.25, 0.3) is 0 Å². The first-order valence-electron chi connectivity index (χ1n) is 10.2. The zero-order valence-corrected chi connectivity index (χ0v) is 18.3. The summed E-state index contributed by atoms with van der Waals surface area (Å²) < 4.78 is 13.0. The summed E-state index contributed by atoms with van der Waals surface area (Å²) in [6.45, 7) is 7.07. The first-order valence-corrected chi connectivity index (χ1v) is 11.0. The van der Waals surface area contributed by atoms with Gasteiger partial charge in [-0.15, -0.1) is 10.2 Å². The molecule has 0 unspecified atom stereocenters. The van der Waals surface area contributed by atoms with Gasteiger partial charge < -0.3 is 10.6 Å². The molecule has 0 saturated carbocycles. The van der Waals surface area contributed by atoms with Crippen LogP contribution in [0.1, 0.15) is 59.2 Å². The van der Waals surface area contributed by atoms with Gasteiger partial charge in [-0.1, -0.05) is 62.8 Å². The molecule has 3 aromatic rings. The van der Waals surface area contributed by atoms with Crippen molar-refractivity contribution in [2.45, 2.75) is 46.2 Å². The highest BCUT2D eigenvalue weighted by atomic mass is 32.1. The smallest absolute Gasteiger partial charge is 0.286 e. The molecule has 1 aromatic heterocycles. The number of nitrogens with one attached hydrogen (secondary N) is 2. The molecule has 2 N–H and O–H groups in total. The Labute approximate surface area is 180 Å². The van der Waals surface area contributed by atoms with Gasteiger partial charge >= 0.3 is 0 Å². The quantitative estimate of drug-likeness (QED) is 0.483. The van der Waals surface area contributed by atoms with Gasteiger partial charge in [0.2, 0.25) is 5.01 Å². The number of halogens is 1. The van der Waals surface area contributed by atoms with Crippen molar-refractivity contribution < 1.29 is 9.18 Å². The number of rotatable bonds is 9. The molecule has 0 spiro atoms. The fourth-order valence-corrected chi connectivity index (χ4v) is 3.94. The van der Waals surface area contributed by atoms with Gasteiger partial charge in [0.1, 0.15) is 10.8 Å². The molecule has 3 rings (SSSR count). The third-order valence-electron chi connectivity index (χ3n) is 4.78. The Morgan fingerprint density at radius 1 is 1.07 bits per heavy atom. The van der Waals surface area contributed by atoms with Gasteiger partial charge in [0, 0.05) is 11.7 Å². The molecule has 0 bridgehead atoms. The van der Waals surface area contributed by atoms with Crippen molar-refractivity contribution >= 4 is 22.9 Å². The highest BCUT2D eigenvalue weighted by Crippen LogP contribution is 2.23. The molecular formula is C23H27FN4OS. The van der Waals surface area contributed by atoms with Crippen LogP contribution in [0.5, 0.6) is 0 Å². The molecule has 0 aliphatic carbocycles. The highest BCUT2D eigenvalue weighted by molar-refractivity contribution is 7.13. The van der Waals surface area contributed by atoms with Crippen molar-refractivity contribution in [3.8, 4) is 0 Å². The maximum atomic E-state index is 13.0. The van der Waals surface area contributed by atoms with Gasteiger partial charge in [0.05, 0.1) is 6.54 Å². The molecular weight excluding hydrogens is 399 g/mol. The van der Waals surface area contributed by atoms with Crippen molar-refractivity contribution in [1.82, 2.24) is 15.5 Å². The zero-order valence-electron chi connectivity index (χ0n) is 17.5. The van der Waals surface area contributed by atoms with E-state index in [4.69, 9.17) is 0 Å². The van der Waals surface area contributed by atoms with Gasteiger partial charge in [-0.2, -0.15) is 0 Å². The van der Waals surface area contributed by atoms with Crippen LogP contribution >= 0.6 is 11.3 Å². The van der Waals surface area contributed by atoms with E-state index >= 15 is 0 Å². The second-order valence-electron chi connectivity index (χ2n) is 7.56. The minimum Gasteiger partial charge on any atom is -0.320 e. The third kappa shape index (κ3) is 5.93. The lowest BCUT2D eigenvalue weighted by Crippen LogP contribution is -2.25. The van der Waals surface area contributed by atoms with E-state index in [-0.39, 0.29) is 22.8 Å². The molecule has 0 saturated heterocycles. The van der Waals surface area contributed by atoms with Gasteiger partial charge in [-0.05, 0) is 47.7 Å². The fraction of sp³-hybridized carbons (Fsp3) is 0.348. The third-order valence-corrected chi connectivity index (χ3v) is 5.70. The maximum Gasteiger partial charge on any atom is 0.286 e. The summed E-state index contributed by atoms with van der Waals surface area (Å²) in [6.07, 6.45) is 2.23. The lowest BCUT2D eigenvalue weighted by molar-refractivity contribution is 0.102. The number of carbonyl (C=O) groups is 1. The Hall–Kier alpha value is -2.64. The Kier molecular flexibility index (Phi) is 7.65. The van der Waals surface area contributed by atoms with Crippen LogP contribution in [-0.4, -0.2) is 16.1 Å². The summed E-state index contributed by atoms with van der Waals surface area (Å²) in [5, 5.41) is 15.4. The number of carbonyl (C=O) groups excluding carboxylic acids is 1. The number of aromatic nitrogens is 2. The van der Waals surface area contributed by atoms with Gasteiger partial charge in [-0.3, -0.25) is 4.79 Å². The van der Waals surface area contributed by atoms with Crippen molar-refractivity contribution in [2.75, 3.05) is 5.32 Å². The van der Waals surface area contributed by atoms with Crippen LogP contribution < -0.4 is 10.6 Å². The molecule has 0 fully saturated rings. The summed E-state index contributed by atoms with van der Waals surface area (Å²) in [5.74, 6) is -0.301. The number of nitrogens with zero attached hydrogens (tertiary/aromatic N) is 2. The Morgan fingerprint density at radius 2 is 1.77 bits per heavy atom. The van der Waals surface area contributed by atoms with E-state index in [2.05, 4.69) is 65.9 Å². The molecule has 5 nitrogen and oxygen atoms in total. The average Bonchev–Trinajstić information content (AvgIpc) is 3.20. The second-order valence-corrected chi connectivity index (χ2v) is 8.62. The van der Waals surface area contributed by atoms with E-state index in [0.717, 1.165) is 17.8 Å². The number of amides is 1. The minimum absolute atomic E-state index is 0.182. The second kappa shape index (κ2) is 10.4. The predicted molar refractivity (Wildman–Crippen MR) is 119 cm³/mol. The standard InChI is InChI=1S/C23H27FN4OS/c1-4-5-16-6-8-17(9-7-16)21(15(2)3)25-14-20-27-28-23(30-20)22(29)26-19-12-10-18(24)11-13-19/h6-13,15,21,25H,4-5,14H2,1-3H3,(H,26,29)/t21-/m1/s1. The molecule has 2 aromatic carbocycles. The zero-order chi connectivity index (χ0) is 21.5. The number of benzene rings is 2. The van der Waals surface area contributed by atoms with Gasteiger partial charge in [-0.25, -0.2) is 4.39 Å². The van der Waals surface area contributed by atoms with Crippen molar-refractivity contribution in [2.24, 2.45) is 5.92 Å². The Morgan fingerprint density at radius 3 is 2.40 bits per heavy atom. The van der Waals surface area contributed by atoms with E-state index in [1.807, 2.05) is 0 Å². The lowest BCUT2D eigenvalue weighted by atomic mass is 9.94. The van der Waals surface area contributed by atoms with Crippen molar-refractivity contribution in [1.29, 1.82) is 0 Å². The van der Waals surface area contributed by atoms with Crippen molar-refractivity contribution in [3.63, 3.8) is 0 Å². The molecule has 1 amide bonds. The molecule has 0 aliphatic heterocycles. The SMILES string of the molecule is CCCc1ccc([C@H](NCc2nnc(C(=O)Nc3ccc(F)cc3)s2)C(C)C)cc1. The summed E-state index contributed by atoms with van der Waals surface area (Å²) in [5.41, 5.74) is 3.11. The summed E-state index contributed by atoms with van der Waals surface area (Å²) in [6, 6.07) is 14.6. The minimum atomic E-state index is -0.350. The first kappa shape index (κ1) is 22.1. The summed E-state index contributed by atoms with van der Waals surface area (Å²) in [4.78, 5) is 12.3. The van der Waals surface area contributed by atoms with E-state index in [1.54, 1.807) is 0 Å². The number of anilines is 1. The molecule has 0 radical (unpaired) electrons. The van der Waals surface area contributed by atoms with Crippen LogP contribution in [0.2, 0.25) is 0 Å². The van der Waals surface area contributed by atoms with Gasteiger partial charge in [0.25, 0.3) is 5.91 Å². The van der Waals surface area contributed by atoms with Crippen molar-refractivity contribution in [3.05, 3.63) is 75.5 Å². The van der Waals surface area contributed by atoms with Gasteiger partial charge in [0.15, 0.2) is 0 Å². The van der Waals surface area contributed by atoms with E-state index in [1.165, 1.54) is 46.7 Å². The number of aryl methyl sites for hydroxylation is 1. The van der Waals surface area contributed by atoms with Crippen LogP contribution in [-0.2, 0) is 13.0 Å². The van der Waals surface area contributed by atoms with Crippen LogP contribution in [0, 0.1) is 11.7 Å². The van der Waals surface area contributed by atoms with E-state index in [0.29, 0.717) is 18.2 Å². The summed E-state index contributed by atoms with van der Waals surface area (Å²) >= 11 is 1.25. The topological polar surface area (TPSA) is 66.9 Å². The molecule has 1 heterocycles. The molecule has 30 heavy (non-hydrogen) atoms. The molecule has 0 aliphatic rings. The highest BCUT2D eigenvalue weighted by Gasteiger charge is 2.18. The lowest BCUT2D eigenvalue weighted by Gasteiger charge is -2.22. The maximum absolute atomic E-state index is 13.0. The number of hydrogen-bond acceptors (Lipinski definition) is 5. The molecule has 1 atom stereocenters. The largest absolute Gasteiger partial charge is 0.320 e. The first-order chi connectivity index (χ1) is 14.5. The normalized spacial score (nSPS) is 12.2. The monoisotopic (exact) mass is 426 g/mol. The summed E-state index contributed by atoms with van der Waals surface area (Å²) in [7, 11) is 0. The fourth-order valence-electron chi connectivity index (χ4n) is 3.25.